The number of halogens is 1. The monoisotopic (exact) mass is 296 g/mol. The van der Waals surface area contributed by atoms with Crippen LogP contribution in [0.15, 0.2) is 35.1 Å². The van der Waals surface area contributed by atoms with Gasteiger partial charge in [-0.05, 0) is 40.2 Å². The predicted molar refractivity (Wildman–Crippen MR) is 64.8 cm³/mol. The Morgan fingerprint density at radius 3 is 2.53 bits per heavy atom. The average Bonchev–Trinajstić information content (AvgIpc) is 2.71. The minimum Gasteiger partial charge on any atom is -0.497 e. The fourth-order valence-electron chi connectivity index (χ4n) is 1.38. The van der Waals surface area contributed by atoms with E-state index in [1.165, 1.54) is 10.9 Å². The molecule has 0 unspecified atom stereocenters. The zero-order valence-corrected chi connectivity index (χ0v) is 10.5. The minimum atomic E-state index is -1.02. The lowest BCUT2D eigenvalue weighted by Crippen LogP contribution is -1.99. The Bertz CT molecular complexity index is 548. The molecule has 6 heteroatoms. The van der Waals surface area contributed by atoms with Crippen LogP contribution in [0.2, 0.25) is 0 Å². The van der Waals surface area contributed by atoms with Crippen LogP contribution in [-0.2, 0) is 0 Å². The van der Waals surface area contributed by atoms with E-state index in [9.17, 15) is 4.79 Å². The third-order valence-corrected chi connectivity index (χ3v) is 3.02. The lowest BCUT2D eigenvalue weighted by atomic mass is 10.3. The standard InChI is InChI=1S/C11H9BrN2O3/c1-17-8-4-2-7(3-5-8)14-10(12)9(6-13-14)11(15)16/h2-6H,1H3,(H,15,16). The maximum atomic E-state index is 10.9. The quantitative estimate of drug-likeness (QED) is 0.944. The van der Waals surface area contributed by atoms with Crippen molar-refractivity contribution in [2.45, 2.75) is 0 Å². The maximum Gasteiger partial charge on any atom is 0.340 e. The number of ether oxygens (including phenoxy) is 1. The second-order valence-electron chi connectivity index (χ2n) is 3.26. The highest BCUT2D eigenvalue weighted by Gasteiger charge is 2.15. The van der Waals surface area contributed by atoms with E-state index in [4.69, 9.17) is 9.84 Å². The van der Waals surface area contributed by atoms with E-state index < -0.39 is 5.97 Å². The molecule has 88 valence electrons. The highest BCUT2D eigenvalue weighted by atomic mass is 79.9. The van der Waals surface area contributed by atoms with Crippen LogP contribution in [0.3, 0.4) is 0 Å². The highest BCUT2D eigenvalue weighted by molar-refractivity contribution is 9.10. The van der Waals surface area contributed by atoms with Crippen LogP contribution >= 0.6 is 15.9 Å². The first-order valence-corrected chi connectivity index (χ1v) is 5.54. The third-order valence-electron chi connectivity index (χ3n) is 2.26. The number of aromatic nitrogens is 2. The molecule has 0 atom stereocenters. The van der Waals surface area contributed by atoms with Crippen LogP contribution in [0.4, 0.5) is 0 Å². The van der Waals surface area contributed by atoms with Crippen molar-refractivity contribution >= 4 is 21.9 Å². The largest absolute Gasteiger partial charge is 0.497 e. The minimum absolute atomic E-state index is 0.126. The lowest BCUT2D eigenvalue weighted by molar-refractivity contribution is 0.0696. The summed E-state index contributed by atoms with van der Waals surface area (Å²) in [6.45, 7) is 0. The molecule has 1 N–H and O–H groups in total. The average molecular weight is 297 g/mol. The summed E-state index contributed by atoms with van der Waals surface area (Å²) in [6.07, 6.45) is 1.30. The van der Waals surface area contributed by atoms with Crippen molar-refractivity contribution in [3.05, 3.63) is 40.6 Å². The first kappa shape index (κ1) is 11.7. The fourth-order valence-corrected chi connectivity index (χ4v) is 1.95. The Hall–Kier alpha value is -1.82. The van der Waals surface area contributed by atoms with Crippen LogP contribution in [0.5, 0.6) is 5.75 Å². The van der Waals surface area contributed by atoms with E-state index in [0.29, 0.717) is 4.60 Å². The van der Waals surface area contributed by atoms with Gasteiger partial charge in [0.2, 0.25) is 0 Å². The number of hydrogen-bond acceptors (Lipinski definition) is 3. The molecule has 0 aliphatic heterocycles. The van der Waals surface area contributed by atoms with Crippen LogP contribution in [0.25, 0.3) is 5.69 Å². The van der Waals surface area contributed by atoms with Crippen molar-refractivity contribution in [1.82, 2.24) is 9.78 Å². The van der Waals surface area contributed by atoms with Crippen LogP contribution in [-0.4, -0.2) is 28.0 Å². The fraction of sp³-hybridized carbons (Fsp3) is 0.0909. The smallest absolute Gasteiger partial charge is 0.340 e. The molecule has 0 fully saturated rings. The molecule has 0 saturated carbocycles. The number of carboxylic acids is 1. The van der Waals surface area contributed by atoms with E-state index in [2.05, 4.69) is 21.0 Å². The van der Waals surface area contributed by atoms with Gasteiger partial charge in [0.05, 0.1) is 19.0 Å². The molecule has 1 heterocycles. The first-order chi connectivity index (χ1) is 8.13. The van der Waals surface area contributed by atoms with E-state index in [1.54, 1.807) is 31.4 Å². The molecule has 0 amide bonds. The second-order valence-corrected chi connectivity index (χ2v) is 4.02. The molecule has 0 bridgehead atoms. The highest BCUT2D eigenvalue weighted by Crippen LogP contribution is 2.22. The van der Waals surface area contributed by atoms with Gasteiger partial charge in [0.25, 0.3) is 0 Å². The second kappa shape index (κ2) is 4.58. The van der Waals surface area contributed by atoms with Crippen molar-refractivity contribution in [3.63, 3.8) is 0 Å². The number of benzene rings is 1. The van der Waals surface area contributed by atoms with Gasteiger partial charge in [-0.3, -0.25) is 0 Å². The molecule has 0 saturated heterocycles. The van der Waals surface area contributed by atoms with E-state index >= 15 is 0 Å². The molecule has 2 aromatic rings. The predicted octanol–water partition coefficient (Wildman–Crippen LogP) is 2.34. The summed E-state index contributed by atoms with van der Waals surface area (Å²) < 4.78 is 6.96. The normalized spacial score (nSPS) is 10.2. The van der Waals surface area contributed by atoms with Gasteiger partial charge in [-0.2, -0.15) is 5.10 Å². The summed E-state index contributed by atoms with van der Waals surface area (Å²) >= 11 is 3.21. The summed E-state index contributed by atoms with van der Waals surface area (Å²) in [5.41, 5.74) is 0.881. The number of carbonyl (C=O) groups is 1. The third kappa shape index (κ3) is 2.16. The van der Waals surface area contributed by atoms with Gasteiger partial charge in [-0.15, -0.1) is 0 Å². The van der Waals surface area contributed by atoms with Crippen molar-refractivity contribution < 1.29 is 14.6 Å². The van der Waals surface area contributed by atoms with Crippen LogP contribution in [0.1, 0.15) is 10.4 Å². The van der Waals surface area contributed by atoms with Gasteiger partial charge in [0.15, 0.2) is 0 Å². The topological polar surface area (TPSA) is 64.4 Å². The molecule has 0 aliphatic rings. The molecule has 1 aromatic carbocycles. The first-order valence-electron chi connectivity index (χ1n) is 4.74. The summed E-state index contributed by atoms with van der Waals surface area (Å²) in [5, 5.41) is 12.9. The zero-order valence-electron chi connectivity index (χ0n) is 8.92. The molecule has 1 aromatic heterocycles. The number of methoxy groups -OCH3 is 1. The summed E-state index contributed by atoms with van der Waals surface area (Å²) in [6, 6.07) is 7.15. The number of aromatic carboxylic acids is 1. The SMILES string of the molecule is COc1ccc(-n2ncc(C(=O)O)c2Br)cc1. The van der Waals surface area contributed by atoms with Crippen molar-refractivity contribution in [2.24, 2.45) is 0 Å². The molecular weight excluding hydrogens is 288 g/mol. The molecular formula is C11H9BrN2O3. The molecule has 2 rings (SSSR count). The Labute approximate surface area is 106 Å². The Morgan fingerprint density at radius 1 is 1.41 bits per heavy atom. The Morgan fingerprint density at radius 2 is 2.06 bits per heavy atom. The number of rotatable bonds is 3. The van der Waals surface area contributed by atoms with Gasteiger partial charge >= 0.3 is 5.97 Å². The maximum absolute atomic E-state index is 10.9. The molecule has 0 spiro atoms. The van der Waals surface area contributed by atoms with Crippen molar-refractivity contribution in [1.29, 1.82) is 0 Å². The van der Waals surface area contributed by atoms with E-state index in [1.807, 2.05) is 0 Å². The Balaban J connectivity index is 2.42. The van der Waals surface area contributed by atoms with Crippen molar-refractivity contribution in [2.75, 3.05) is 7.11 Å². The molecule has 17 heavy (non-hydrogen) atoms. The number of hydrogen-bond donors (Lipinski definition) is 1. The van der Waals surface area contributed by atoms with Crippen LogP contribution in [0, 0.1) is 0 Å². The number of carboxylic acid groups (broad SMARTS) is 1. The number of nitrogens with zero attached hydrogens (tertiary/aromatic N) is 2. The molecule has 0 aliphatic carbocycles. The zero-order chi connectivity index (χ0) is 12.4. The summed E-state index contributed by atoms with van der Waals surface area (Å²) in [4.78, 5) is 10.9. The van der Waals surface area contributed by atoms with Crippen molar-refractivity contribution in [3.8, 4) is 11.4 Å². The molecule has 5 nitrogen and oxygen atoms in total. The van der Waals surface area contributed by atoms with Gasteiger partial charge in [0.1, 0.15) is 15.9 Å². The van der Waals surface area contributed by atoms with Gasteiger partial charge in [-0.1, -0.05) is 0 Å². The van der Waals surface area contributed by atoms with Gasteiger partial charge < -0.3 is 9.84 Å². The summed E-state index contributed by atoms with van der Waals surface area (Å²) in [5.74, 6) is -0.285. The van der Waals surface area contributed by atoms with Gasteiger partial charge in [0, 0.05) is 0 Å². The lowest BCUT2D eigenvalue weighted by Gasteiger charge is -2.04. The van der Waals surface area contributed by atoms with E-state index in [0.717, 1.165) is 11.4 Å². The Kier molecular flexibility index (Phi) is 3.14. The van der Waals surface area contributed by atoms with E-state index in [-0.39, 0.29) is 5.56 Å². The molecule has 0 radical (unpaired) electrons. The summed E-state index contributed by atoms with van der Waals surface area (Å²) in [7, 11) is 1.58. The van der Waals surface area contributed by atoms with Crippen LogP contribution < -0.4 is 4.74 Å². The van der Waals surface area contributed by atoms with Gasteiger partial charge in [-0.25, -0.2) is 9.48 Å².